The summed E-state index contributed by atoms with van der Waals surface area (Å²) < 4.78 is 11.1. The summed E-state index contributed by atoms with van der Waals surface area (Å²) in [4.78, 5) is 15.0. The number of esters is 1. The van der Waals surface area contributed by atoms with Crippen LogP contribution in [-0.4, -0.2) is 24.2 Å². The first-order chi connectivity index (χ1) is 7.72. The quantitative estimate of drug-likeness (QED) is 0.596. The first-order valence-electron chi connectivity index (χ1n) is 5.11. The van der Waals surface area contributed by atoms with E-state index >= 15 is 0 Å². The van der Waals surface area contributed by atoms with Gasteiger partial charge < -0.3 is 9.47 Å². The van der Waals surface area contributed by atoms with Crippen molar-refractivity contribution in [1.82, 2.24) is 4.98 Å². The number of aromatic nitrogens is 1. The molecule has 88 valence electrons. The number of pyridine rings is 1. The van der Waals surface area contributed by atoms with Crippen LogP contribution in [0.15, 0.2) is 22.9 Å². The zero-order chi connectivity index (χ0) is 11.8. The predicted octanol–water partition coefficient (Wildman–Crippen LogP) is 2.57. The molecule has 0 N–H and O–H groups in total. The molecule has 1 aromatic heterocycles. The lowest BCUT2D eigenvalue weighted by molar-refractivity contribution is -0.143. The van der Waals surface area contributed by atoms with Crippen molar-refractivity contribution in [3.8, 4) is 5.75 Å². The van der Waals surface area contributed by atoms with Gasteiger partial charge in [-0.05, 0) is 35.3 Å². The van der Waals surface area contributed by atoms with E-state index in [9.17, 15) is 4.79 Å². The van der Waals surface area contributed by atoms with E-state index in [1.165, 1.54) is 0 Å². The number of rotatable bonds is 6. The van der Waals surface area contributed by atoms with Crippen LogP contribution in [0.2, 0.25) is 0 Å². The van der Waals surface area contributed by atoms with Crippen molar-refractivity contribution in [1.29, 1.82) is 0 Å². The Morgan fingerprint density at radius 1 is 1.50 bits per heavy atom. The largest absolute Gasteiger partial charge is 0.492 e. The van der Waals surface area contributed by atoms with Crippen molar-refractivity contribution in [2.24, 2.45) is 0 Å². The summed E-state index contributed by atoms with van der Waals surface area (Å²) in [6.07, 6.45) is 4.35. The Morgan fingerprint density at radius 3 is 3.00 bits per heavy atom. The highest BCUT2D eigenvalue weighted by Gasteiger charge is 2.01. The molecule has 0 spiro atoms. The molecule has 0 fully saturated rings. The summed E-state index contributed by atoms with van der Waals surface area (Å²) in [5, 5.41) is 0. The van der Waals surface area contributed by atoms with Crippen molar-refractivity contribution in [2.75, 3.05) is 13.2 Å². The average molecular weight is 288 g/mol. The minimum Gasteiger partial charge on any atom is -0.492 e. The summed E-state index contributed by atoms with van der Waals surface area (Å²) in [7, 11) is 0. The van der Waals surface area contributed by atoms with E-state index in [0.29, 0.717) is 31.8 Å². The zero-order valence-corrected chi connectivity index (χ0v) is 10.7. The van der Waals surface area contributed by atoms with Gasteiger partial charge in [-0.3, -0.25) is 9.78 Å². The molecule has 0 atom stereocenters. The normalized spacial score (nSPS) is 9.88. The Bertz CT molecular complexity index is 344. The number of halogens is 1. The Kier molecular flexibility index (Phi) is 5.85. The number of ether oxygens (including phenoxy) is 2. The second kappa shape index (κ2) is 7.22. The molecular weight excluding hydrogens is 274 g/mol. The number of hydrogen-bond donors (Lipinski definition) is 0. The monoisotopic (exact) mass is 287 g/mol. The van der Waals surface area contributed by atoms with E-state index < -0.39 is 0 Å². The summed E-state index contributed by atoms with van der Waals surface area (Å²) in [5.41, 5.74) is 0. The molecule has 1 heterocycles. The van der Waals surface area contributed by atoms with Gasteiger partial charge >= 0.3 is 5.97 Å². The molecule has 0 bridgehead atoms. The van der Waals surface area contributed by atoms with Gasteiger partial charge in [0.05, 0.1) is 19.4 Å². The Balaban J connectivity index is 2.18. The highest BCUT2D eigenvalue weighted by molar-refractivity contribution is 9.10. The maximum Gasteiger partial charge on any atom is 0.305 e. The van der Waals surface area contributed by atoms with Gasteiger partial charge in [-0.25, -0.2) is 0 Å². The van der Waals surface area contributed by atoms with Crippen molar-refractivity contribution in [3.05, 3.63) is 22.9 Å². The maximum absolute atomic E-state index is 11.0. The van der Waals surface area contributed by atoms with Crippen LogP contribution in [0.1, 0.15) is 19.8 Å². The maximum atomic E-state index is 11.0. The Hall–Kier alpha value is -1.10. The number of carbonyl (C=O) groups is 1. The summed E-state index contributed by atoms with van der Waals surface area (Å²) >= 11 is 3.30. The molecule has 0 aliphatic rings. The third-order valence-corrected chi connectivity index (χ3v) is 2.21. The highest BCUT2D eigenvalue weighted by atomic mass is 79.9. The van der Waals surface area contributed by atoms with Crippen molar-refractivity contribution in [2.45, 2.75) is 19.8 Å². The van der Waals surface area contributed by atoms with Gasteiger partial charge in [-0.1, -0.05) is 0 Å². The summed E-state index contributed by atoms with van der Waals surface area (Å²) in [6.45, 7) is 2.70. The van der Waals surface area contributed by atoms with Crippen LogP contribution >= 0.6 is 15.9 Å². The first-order valence-corrected chi connectivity index (χ1v) is 5.90. The van der Waals surface area contributed by atoms with Crippen LogP contribution < -0.4 is 4.74 Å². The van der Waals surface area contributed by atoms with E-state index in [1.54, 1.807) is 19.3 Å². The molecule has 0 aromatic carbocycles. The van der Waals surface area contributed by atoms with E-state index in [0.717, 1.165) is 4.47 Å². The third-order valence-electron chi connectivity index (χ3n) is 1.78. The molecule has 4 nitrogen and oxygen atoms in total. The molecule has 0 radical (unpaired) electrons. The van der Waals surface area contributed by atoms with Gasteiger partial charge in [0.15, 0.2) is 0 Å². The van der Waals surface area contributed by atoms with Gasteiger partial charge in [0, 0.05) is 17.1 Å². The molecule has 0 unspecified atom stereocenters. The van der Waals surface area contributed by atoms with Crippen LogP contribution in [-0.2, 0) is 9.53 Å². The standard InChI is InChI=1S/C11H14BrNO3/c1-2-15-11(14)4-3-5-16-10-6-9(12)7-13-8-10/h6-8H,2-5H2,1H3. The highest BCUT2D eigenvalue weighted by Crippen LogP contribution is 2.15. The molecule has 0 aliphatic carbocycles. The van der Waals surface area contributed by atoms with Crippen LogP contribution in [0.5, 0.6) is 5.75 Å². The summed E-state index contributed by atoms with van der Waals surface area (Å²) in [6, 6.07) is 1.83. The molecular formula is C11H14BrNO3. The number of carbonyl (C=O) groups excluding carboxylic acids is 1. The molecule has 0 saturated carbocycles. The summed E-state index contributed by atoms with van der Waals surface area (Å²) in [5.74, 6) is 0.511. The number of hydrogen-bond acceptors (Lipinski definition) is 4. The molecule has 0 amide bonds. The SMILES string of the molecule is CCOC(=O)CCCOc1cncc(Br)c1. The van der Waals surface area contributed by atoms with Crippen LogP contribution in [0, 0.1) is 0 Å². The van der Waals surface area contributed by atoms with Crippen molar-refractivity contribution in [3.63, 3.8) is 0 Å². The van der Waals surface area contributed by atoms with Gasteiger partial charge in [-0.2, -0.15) is 0 Å². The van der Waals surface area contributed by atoms with Gasteiger partial charge in [0.2, 0.25) is 0 Å². The second-order valence-electron chi connectivity index (χ2n) is 3.10. The first kappa shape index (κ1) is 13.0. The van der Waals surface area contributed by atoms with Crippen molar-refractivity contribution < 1.29 is 14.3 Å². The lowest BCUT2D eigenvalue weighted by atomic mass is 10.3. The lowest BCUT2D eigenvalue weighted by Crippen LogP contribution is -2.06. The van der Waals surface area contributed by atoms with Crippen LogP contribution in [0.3, 0.4) is 0 Å². The number of nitrogens with zero attached hydrogens (tertiary/aromatic N) is 1. The topological polar surface area (TPSA) is 48.4 Å². The fourth-order valence-corrected chi connectivity index (χ4v) is 1.45. The molecule has 0 aliphatic heterocycles. The van der Waals surface area contributed by atoms with E-state index in [-0.39, 0.29) is 5.97 Å². The van der Waals surface area contributed by atoms with Crippen molar-refractivity contribution >= 4 is 21.9 Å². The van der Waals surface area contributed by atoms with Gasteiger partial charge in [-0.15, -0.1) is 0 Å². The van der Waals surface area contributed by atoms with E-state index in [2.05, 4.69) is 20.9 Å². The molecule has 16 heavy (non-hydrogen) atoms. The smallest absolute Gasteiger partial charge is 0.305 e. The lowest BCUT2D eigenvalue weighted by Gasteiger charge is -2.05. The average Bonchev–Trinajstić information content (AvgIpc) is 2.25. The zero-order valence-electron chi connectivity index (χ0n) is 9.11. The Labute approximate surface area is 103 Å². The third kappa shape index (κ3) is 5.11. The molecule has 5 heteroatoms. The van der Waals surface area contributed by atoms with Crippen LogP contribution in [0.25, 0.3) is 0 Å². The van der Waals surface area contributed by atoms with Gasteiger partial charge in [0.25, 0.3) is 0 Å². The van der Waals surface area contributed by atoms with Gasteiger partial charge in [0.1, 0.15) is 5.75 Å². The molecule has 1 aromatic rings. The molecule has 0 saturated heterocycles. The van der Waals surface area contributed by atoms with E-state index in [1.807, 2.05) is 6.07 Å². The predicted molar refractivity (Wildman–Crippen MR) is 63.3 cm³/mol. The minimum atomic E-state index is -0.182. The van der Waals surface area contributed by atoms with E-state index in [4.69, 9.17) is 9.47 Å². The second-order valence-corrected chi connectivity index (χ2v) is 4.01. The van der Waals surface area contributed by atoms with Crippen LogP contribution in [0.4, 0.5) is 0 Å². The minimum absolute atomic E-state index is 0.182. The molecule has 1 rings (SSSR count). The Morgan fingerprint density at radius 2 is 2.31 bits per heavy atom. The fourth-order valence-electron chi connectivity index (χ4n) is 1.11. The fraction of sp³-hybridized carbons (Fsp3) is 0.455.